The fourth-order valence-electron chi connectivity index (χ4n) is 1.60. The van der Waals surface area contributed by atoms with E-state index in [4.69, 9.17) is 4.74 Å². The second kappa shape index (κ2) is 7.63. The Hall–Kier alpha value is -0.610. The van der Waals surface area contributed by atoms with Crippen LogP contribution < -0.4 is 5.32 Å². The molecule has 0 saturated heterocycles. The highest BCUT2D eigenvalue weighted by Gasteiger charge is 2.34. The van der Waals surface area contributed by atoms with Gasteiger partial charge in [-0.3, -0.25) is 4.79 Å². The van der Waals surface area contributed by atoms with Crippen LogP contribution in [0.3, 0.4) is 0 Å². The van der Waals surface area contributed by atoms with E-state index in [-0.39, 0.29) is 6.04 Å². The van der Waals surface area contributed by atoms with E-state index in [2.05, 4.69) is 5.32 Å². The molecule has 1 unspecified atom stereocenters. The predicted octanol–water partition coefficient (Wildman–Crippen LogP) is 1.89. The average molecular weight is 231 g/mol. The smallest absolute Gasteiger partial charge is 0.310 e. The second-order valence-corrected chi connectivity index (χ2v) is 4.23. The first-order valence-electron chi connectivity index (χ1n) is 6.06. The zero-order valence-electron chi connectivity index (χ0n) is 10.9. The molecule has 2 N–H and O–H groups in total. The molecule has 96 valence electrons. The number of rotatable bonds is 9. The number of carboxylic acids is 1. The Kier molecular flexibility index (Phi) is 7.34. The Balaban J connectivity index is 4.16. The summed E-state index contributed by atoms with van der Waals surface area (Å²) in [5.74, 6) is -0.714. The third-order valence-corrected chi connectivity index (χ3v) is 3.17. The van der Waals surface area contributed by atoms with Gasteiger partial charge in [0.1, 0.15) is 0 Å². The molecule has 0 heterocycles. The molecule has 0 saturated carbocycles. The molecular weight excluding hydrogens is 206 g/mol. The lowest BCUT2D eigenvalue weighted by Gasteiger charge is -2.28. The van der Waals surface area contributed by atoms with Gasteiger partial charge in [-0.2, -0.15) is 0 Å². The van der Waals surface area contributed by atoms with E-state index in [1.54, 1.807) is 0 Å². The number of nitrogens with one attached hydrogen (secondary N) is 1. The van der Waals surface area contributed by atoms with E-state index in [1.165, 1.54) is 0 Å². The molecule has 16 heavy (non-hydrogen) atoms. The SMILES string of the molecule is CCOCC(C)NCC(CC)(CC)C(=O)O. The number of carboxylic acid groups (broad SMARTS) is 1. The maximum Gasteiger partial charge on any atom is 0.310 e. The van der Waals surface area contributed by atoms with Crippen LogP contribution in [0.15, 0.2) is 0 Å². The maximum absolute atomic E-state index is 11.2. The van der Waals surface area contributed by atoms with Crippen LogP contribution in [-0.2, 0) is 9.53 Å². The predicted molar refractivity (Wildman–Crippen MR) is 64.6 cm³/mol. The lowest BCUT2D eigenvalue weighted by Crippen LogP contribution is -2.44. The van der Waals surface area contributed by atoms with Crippen molar-refractivity contribution in [3.05, 3.63) is 0 Å². The van der Waals surface area contributed by atoms with Crippen LogP contribution >= 0.6 is 0 Å². The number of hydrogen-bond acceptors (Lipinski definition) is 3. The summed E-state index contributed by atoms with van der Waals surface area (Å²) in [6.45, 7) is 9.62. The molecule has 0 aromatic carbocycles. The molecule has 0 aromatic heterocycles. The topological polar surface area (TPSA) is 58.6 Å². The van der Waals surface area contributed by atoms with Crippen molar-refractivity contribution in [2.45, 2.75) is 46.6 Å². The van der Waals surface area contributed by atoms with Gasteiger partial charge in [-0.1, -0.05) is 13.8 Å². The molecule has 0 radical (unpaired) electrons. The quantitative estimate of drug-likeness (QED) is 0.636. The van der Waals surface area contributed by atoms with E-state index in [1.807, 2.05) is 27.7 Å². The highest BCUT2D eigenvalue weighted by molar-refractivity contribution is 5.74. The van der Waals surface area contributed by atoms with Crippen LogP contribution in [0.5, 0.6) is 0 Å². The molecule has 0 aliphatic carbocycles. The number of aliphatic carboxylic acids is 1. The van der Waals surface area contributed by atoms with Crippen LogP contribution in [0.25, 0.3) is 0 Å². The molecule has 0 aliphatic heterocycles. The van der Waals surface area contributed by atoms with Gasteiger partial charge in [0.15, 0.2) is 0 Å². The maximum atomic E-state index is 11.2. The standard InChI is InChI=1S/C12H25NO3/c1-5-12(6-2,11(14)15)9-13-10(4)8-16-7-3/h10,13H,5-9H2,1-4H3,(H,14,15). The lowest BCUT2D eigenvalue weighted by molar-refractivity contribution is -0.149. The van der Waals surface area contributed by atoms with Crippen LogP contribution in [0, 0.1) is 5.41 Å². The van der Waals surface area contributed by atoms with Crippen molar-refractivity contribution >= 4 is 5.97 Å². The Morgan fingerprint density at radius 2 is 1.94 bits per heavy atom. The highest BCUT2D eigenvalue weighted by atomic mass is 16.5. The first kappa shape index (κ1) is 15.4. The number of ether oxygens (including phenoxy) is 1. The molecule has 0 rings (SSSR count). The summed E-state index contributed by atoms with van der Waals surface area (Å²) in [5.41, 5.74) is -0.638. The summed E-state index contributed by atoms with van der Waals surface area (Å²) in [4.78, 5) is 11.2. The summed E-state index contributed by atoms with van der Waals surface area (Å²) < 4.78 is 5.28. The van der Waals surface area contributed by atoms with E-state index in [9.17, 15) is 9.90 Å². The largest absolute Gasteiger partial charge is 0.481 e. The van der Waals surface area contributed by atoms with E-state index < -0.39 is 11.4 Å². The van der Waals surface area contributed by atoms with Gasteiger partial charge >= 0.3 is 5.97 Å². The van der Waals surface area contributed by atoms with Crippen LogP contribution in [0.4, 0.5) is 0 Å². The Morgan fingerprint density at radius 1 is 1.38 bits per heavy atom. The van der Waals surface area contributed by atoms with Crippen LogP contribution in [0.2, 0.25) is 0 Å². The zero-order chi connectivity index (χ0) is 12.6. The Bertz CT molecular complexity index is 202. The summed E-state index contributed by atoms with van der Waals surface area (Å²) in [6, 6.07) is 0.191. The van der Waals surface area contributed by atoms with Gasteiger partial charge in [0.2, 0.25) is 0 Å². The molecule has 4 nitrogen and oxygen atoms in total. The van der Waals surface area contributed by atoms with Gasteiger partial charge in [0.05, 0.1) is 12.0 Å². The van der Waals surface area contributed by atoms with Gasteiger partial charge in [0.25, 0.3) is 0 Å². The third-order valence-electron chi connectivity index (χ3n) is 3.17. The van der Waals surface area contributed by atoms with Crippen molar-refractivity contribution in [1.29, 1.82) is 0 Å². The normalized spacial score (nSPS) is 13.8. The van der Waals surface area contributed by atoms with Gasteiger partial charge in [-0.25, -0.2) is 0 Å². The molecule has 0 amide bonds. The summed E-state index contributed by atoms with van der Waals surface area (Å²) in [6.07, 6.45) is 1.29. The molecule has 0 spiro atoms. The first-order chi connectivity index (χ1) is 7.52. The van der Waals surface area contributed by atoms with Crippen molar-refractivity contribution in [3.63, 3.8) is 0 Å². The van der Waals surface area contributed by atoms with Crippen molar-refractivity contribution in [2.24, 2.45) is 5.41 Å². The van der Waals surface area contributed by atoms with Crippen molar-refractivity contribution in [1.82, 2.24) is 5.32 Å². The minimum Gasteiger partial charge on any atom is -0.481 e. The van der Waals surface area contributed by atoms with E-state index >= 15 is 0 Å². The number of carbonyl (C=O) groups is 1. The lowest BCUT2D eigenvalue weighted by atomic mass is 9.82. The van der Waals surface area contributed by atoms with Gasteiger partial charge < -0.3 is 15.2 Å². The molecule has 1 atom stereocenters. The fraction of sp³-hybridized carbons (Fsp3) is 0.917. The van der Waals surface area contributed by atoms with Crippen LogP contribution in [0.1, 0.15) is 40.5 Å². The summed E-state index contributed by atoms with van der Waals surface area (Å²) >= 11 is 0. The highest BCUT2D eigenvalue weighted by Crippen LogP contribution is 2.25. The number of hydrogen-bond donors (Lipinski definition) is 2. The van der Waals surface area contributed by atoms with Crippen molar-refractivity contribution < 1.29 is 14.6 Å². The van der Waals surface area contributed by atoms with Crippen molar-refractivity contribution in [2.75, 3.05) is 19.8 Å². The third kappa shape index (κ3) is 4.49. The van der Waals surface area contributed by atoms with Crippen LogP contribution in [-0.4, -0.2) is 36.9 Å². The molecule has 0 aliphatic rings. The van der Waals surface area contributed by atoms with E-state index in [0.717, 1.165) is 0 Å². The van der Waals surface area contributed by atoms with E-state index in [0.29, 0.717) is 32.6 Å². The summed E-state index contributed by atoms with van der Waals surface area (Å²) in [5, 5.41) is 12.5. The van der Waals surface area contributed by atoms with Gasteiger partial charge in [0, 0.05) is 19.2 Å². The first-order valence-corrected chi connectivity index (χ1v) is 6.06. The summed E-state index contributed by atoms with van der Waals surface area (Å²) in [7, 11) is 0. The minimum atomic E-state index is -0.714. The van der Waals surface area contributed by atoms with Gasteiger partial charge in [-0.05, 0) is 26.7 Å². The Labute approximate surface area is 98.4 Å². The van der Waals surface area contributed by atoms with Gasteiger partial charge in [-0.15, -0.1) is 0 Å². The molecule has 0 bridgehead atoms. The molecule has 0 aromatic rings. The zero-order valence-corrected chi connectivity index (χ0v) is 10.9. The molecule has 4 heteroatoms. The molecule has 0 fully saturated rings. The van der Waals surface area contributed by atoms with Crippen molar-refractivity contribution in [3.8, 4) is 0 Å². The fourth-order valence-corrected chi connectivity index (χ4v) is 1.60. The minimum absolute atomic E-state index is 0.191. The molecular formula is C12H25NO3. The monoisotopic (exact) mass is 231 g/mol. The Morgan fingerprint density at radius 3 is 2.31 bits per heavy atom. The second-order valence-electron chi connectivity index (χ2n) is 4.23. The average Bonchev–Trinajstić information content (AvgIpc) is 2.28.